The molecule has 0 saturated heterocycles. The highest BCUT2D eigenvalue weighted by Crippen LogP contribution is 2.13. The summed E-state index contributed by atoms with van der Waals surface area (Å²) in [6.45, 7) is 4.82. The Morgan fingerprint density at radius 1 is 1.21 bits per heavy atom. The number of ether oxygens (including phenoxy) is 1. The molecule has 0 fully saturated rings. The fraction of sp³-hybridized carbons (Fsp3) is 0.389. The minimum absolute atomic E-state index is 0.212. The Bertz CT molecular complexity index is 617. The Kier molecular flexibility index (Phi) is 7.17. The van der Waals surface area contributed by atoms with Crippen molar-refractivity contribution in [3.8, 4) is 0 Å². The van der Waals surface area contributed by atoms with E-state index in [1.807, 2.05) is 18.2 Å². The third-order valence-electron chi connectivity index (χ3n) is 3.60. The van der Waals surface area contributed by atoms with Crippen LogP contribution in [0.15, 0.2) is 42.7 Å². The van der Waals surface area contributed by atoms with Gasteiger partial charge in [0, 0.05) is 33.4 Å². The van der Waals surface area contributed by atoms with Crippen LogP contribution in [0.25, 0.3) is 0 Å². The number of benzene rings is 1. The maximum atomic E-state index is 12.0. The van der Waals surface area contributed by atoms with Gasteiger partial charge < -0.3 is 15.0 Å². The van der Waals surface area contributed by atoms with E-state index in [0.29, 0.717) is 18.8 Å². The highest BCUT2D eigenvalue weighted by atomic mass is 16.5. The van der Waals surface area contributed by atoms with Gasteiger partial charge >= 0.3 is 0 Å². The van der Waals surface area contributed by atoms with Gasteiger partial charge in [0.2, 0.25) is 0 Å². The smallest absolute Gasteiger partial charge is 0.271 e. The lowest BCUT2D eigenvalue weighted by molar-refractivity contribution is 0.0943. The molecule has 1 aromatic heterocycles. The summed E-state index contributed by atoms with van der Waals surface area (Å²) < 4.78 is 4.95. The zero-order valence-electron chi connectivity index (χ0n) is 14.2. The van der Waals surface area contributed by atoms with Crippen molar-refractivity contribution in [2.45, 2.75) is 19.9 Å². The Balaban J connectivity index is 1.95. The van der Waals surface area contributed by atoms with E-state index in [9.17, 15) is 4.79 Å². The number of methoxy groups -OCH3 is 1. The van der Waals surface area contributed by atoms with Crippen molar-refractivity contribution in [1.29, 1.82) is 0 Å². The van der Waals surface area contributed by atoms with Gasteiger partial charge in [-0.25, -0.2) is 9.97 Å². The Hall–Kier alpha value is -2.47. The fourth-order valence-electron chi connectivity index (χ4n) is 2.27. The van der Waals surface area contributed by atoms with E-state index < -0.39 is 0 Å². The largest absolute Gasteiger partial charge is 0.385 e. The normalized spacial score (nSPS) is 10.4. The van der Waals surface area contributed by atoms with Gasteiger partial charge in [0.05, 0.1) is 12.4 Å². The maximum Gasteiger partial charge on any atom is 0.271 e. The lowest BCUT2D eigenvalue weighted by Gasteiger charge is -2.21. The third-order valence-corrected chi connectivity index (χ3v) is 3.60. The molecule has 2 rings (SSSR count). The molecule has 0 saturated carbocycles. The van der Waals surface area contributed by atoms with Crippen LogP contribution >= 0.6 is 0 Å². The summed E-state index contributed by atoms with van der Waals surface area (Å²) in [6, 6.07) is 10.2. The van der Waals surface area contributed by atoms with Crippen molar-refractivity contribution in [1.82, 2.24) is 15.3 Å². The van der Waals surface area contributed by atoms with Crippen molar-refractivity contribution >= 4 is 11.7 Å². The van der Waals surface area contributed by atoms with Crippen molar-refractivity contribution in [2.24, 2.45) is 0 Å². The summed E-state index contributed by atoms with van der Waals surface area (Å²) in [5.74, 6) is 0.550. The molecule has 0 radical (unpaired) electrons. The molecule has 6 heteroatoms. The van der Waals surface area contributed by atoms with Gasteiger partial charge in [-0.15, -0.1) is 0 Å². The predicted octanol–water partition coefficient (Wildman–Crippen LogP) is 2.27. The molecule has 24 heavy (non-hydrogen) atoms. The topological polar surface area (TPSA) is 67.4 Å². The van der Waals surface area contributed by atoms with E-state index in [2.05, 4.69) is 39.2 Å². The molecule has 0 spiro atoms. The molecule has 1 aromatic carbocycles. The molecule has 1 N–H and O–H groups in total. The van der Waals surface area contributed by atoms with Crippen molar-refractivity contribution in [3.63, 3.8) is 0 Å². The maximum absolute atomic E-state index is 12.0. The minimum Gasteiger partial charge on any atom is -0.385 e. The molecule has 6 nitrogen and oxygen atoms in total. The van der Waals surface area contributed by atoms with Gasteiger partial charge in [-0.3, -0.25) is 4.79 Å². The van der Waals surface area contributed by atoms with Gasteiger partial charge in [-0.2, -0.15) is 0 Å². The average molecular weight is 328 g/mol. The highest BCUT2D eigenvalue weighted by molar-refractivity contribution is 5.91. The molecule has 2 aromatic rings. The van der Waals surface area contributed by atoms with Crippen molar-refractivity contribution in [3.05, 3.63) is 54.0 Å². The number of rotatable bonds is 9. The van der Waals surface area contributed by atoms with Gasteiger partial charge in [-0.1, -0.05) is 30.3 Å². The van der Waals surface area contributed by atoms with Gasteiger partial charge in [-0.05, 0) is 18.9 Å². The predicted molar refractivity (Wildman–Crippen MR) is 94.0 cm³/mol. The SMILES string of the molecule is CCN(Cc1ccccc1)c1cnc(C(=O)NCCCOC)cn1. The number of nitrogens with zero attached hydrogens (tertiary/aromatic N) is 3. The first-order valence-electron chi connectivity index (χ1n) is 8.12. The number of nitrogens with one attached hydrogen (secondary N) is 1. The molecule has 1 amide bonds. The van der Waals surface area contributed by atoms with Crippen molar-refractivity contribution < 1.29 is 9.53 Å². The first-order chi connectivity index (χ1) is 11.7. The number of amides is 1. The lowest BCUT2D eigenvalue weighted by atomic mass is 10.2. The second-order valence-electron chi connectivity index (χ2n) is 5.36. The number of hydrogen-bond acceptors (Lipinski definition) is 5. The molecule has 0 aliphatic carbocycles. The molecule has 1 heterocycles. The second kappa shape index (κ2) is 9.62. The summed E-state index contributed by atoms with van der Waals surface area (Å²) >= 11 is 0. The van der Waals surface area contributed by atoms with Gasteiger partial charge in [0.15, 0.2) is 0 Å². The number of aromatic nitrogens is 2. The Morgan fingerprint density at radius 3 is 2.62 bits per heavy atom. The molecule has 128 valence electrons. The molecule has 0 atom stereocenters. The number of anilines is 1. The van der Waals surface area contributed by atoms with E-state index in [4.69, 9.17) is 4.74 Å². The van der Waals surface area contributed by atoms with E-state index >= 15 is 0 Å². The van der Waals surface area contributed by atoms with E-state index in [0.717, 1.165) is 25.3 Å². The molecule has 0 unspecified atom stereocenters. The van der Waals surface area contributed by atoms with E-state index in [1.165, 1.54) is 11.8 Å². The summed E-state index contributed by atoms with van der Waals surface area (Å²) in [7, 11) is 1.64. The van der Waals surface area contributed by atoms with E-state index in [1.54, 1.807) is 13.3 Å². The quantitative estimate of drug-likeness (QED) is 0.715. The van der Waals surface area contributed by atoms with Crippen LogP contribution in [0.2, 0.25) is 0 Å². The third kappa shape index (κ3) is 5.31. The first kappa shape index (κ1) is 17.9. The minimum atomic E-state index is -0.212. The van der Waals surface area contributed by atoms with Gasteiger partial charge in [0.25, 0.3) is 5.91 Å². The van der Waals surface area contributed by atoms with Crippen LogP contribution in [0.4, 0.5) is 5.82 Å². The molecule has 0 aliphatic heterocycles. The van der Waals surface area contributed by atoms with Crippen LogP contribution in [0, 0.1) is 0 Å². The summed E-state index contributed by atoms with van der Waals surface area (Å²) in [6.07, 6.45) is 3.94. The fourth-order valence-corrected chi connectivity index (χ4v) is 2.27. The van der Waals surface area contributed by atoms with Crippen LogP contribution in [0.5, 0.6) is 0 Å². The van der Waals surface area contributed by atoms with Crippen LogP contribution in [0.3, 0.4) is 0 Å². The molecular weight excluding hydrogens is 304 g/mol. The van der Waals surface area contributed by atoms with Crippen LogP contribution in [-0.4, -0.2) is 42.7 Å². The molecular formula is C18H24N4O2. The Labute approximate surface area is 142 Å². The van der Waals surface area contributed by atoms with Crippen molar-refractivity contribution in [2.75, 3.05) is 31.7 Å². The highest BCUT2D eigenvalue weighted by Gasteiger charge is 2.11. The number of carbonyl (C=O) groups is 1. The lowest BCUT2D eigenvalue weighted by Crippen LogP contribution is -2.27. The van der Waals surface area contributed by atoms with Crippen LogP contribution in [-0.2, 0) is 11.3 Å². The monoisotopic (exact) mass is 328 g/mol. The number of carbonyl (C=O) groups excluding carboxylic acids is 1. The first-order valence-corrected chi connectivity index (χ1v) is 8.12. The summed E-state index contributed by atoms with van der Waals surface area (Å²) in [4.78, 5) is 22.7. The summed E-state index contributed by atoms with van der Waals surface area (Å²) in [5.41, 5.74) is 1.54. The van der Waals surface area contributed by atoms with Crippen LogP contribution in [0.1, 0.15) is 29.4 Å². The van der Waals surface area contributed by atoms with E-state index in [-0.39, 0.29) is 5.91 Å². The van der Waals surface area contributed by atoms with Gasteiger partial charge in [0.1, 0.15) is 11.5 Å². The molecule has 0 aliphatic rings. The zero-order valence-corrected chi connectivity index (χ0v) is 14.2. The van der Waals surface area contributed by atoms with Crippen LogP contribution < -0.4 is 10.2 Å². The average Bonchev–Trinajstić information content (AvgIpc) is 2.64. The zero-order chi connectivity index (χ0) is 17.2. The number of hydrogen-bond donors (Lipinski definition) is 1. The Morgan fingerprint density at radius 2 is 2.00 bits per heavy atom. The molecule has 0 bridgehead atoms. The second-order valence-corrected chi connectivity index (χ2v) is 5.36. The summed E-state index contributed by atoms with van der Waals surface area (Å²) in [5, 5.41) is 2.80. The standard InChI is InChI=1S/C18H24N4O2/c1-3-22(14-15-8-5-4-6-9-15)17-13-20-16(12-21-17)18(23)19-10-7-11-24-2/h4-6,8-9,12-13H,3,7,10-11,14H2,1-2H3,(H,19,23).